The topological polar surface area (TPSA) is 77.2 Å². The molecule has 1 aromatic rings. The van der Waals surface area contributed by atoms with Crippen molar-refractivity contribution in [3.05, 3.63) is 28.1 Å². The summed E-state index contributed by atoms with van der Waals surface area (Å²) in [7, 11) is 1.59. The van der Waals surface area contributed by atoms with E-state index >= 15 is 0 Å². The lowest BCUT2D eigenvalue weighted by atomic mass is 10.1. The summed E-state index contributed by atoms with van der Waals surface area (Å²) in [4.78, 5) is 22.0. The van der Waals surface area contributed by atoms with Crippen molar-refractivity contribution in [2.75, 3.05) is 5.88 Å². The molecule has 0 aliphatic rings. The van der Waals surface area contributed by atoms with E-state index in [9.17, 15) is 14.9 Å². The zero-order chi connectivity index (χ0) is 13.9. The molecule has 0 aromatic carbocycles. The van der Waals surface area contributed by atoms with Gasteiger partial charge >= 0.3 is 0 Å². The number of hydrogen-bond acceptors (Lipinski definition) is 3. The van der Waals surface area contributed by atoms with E-state index in [0.29, 0.717) is 5.88 Å². The summed E-state index contributed by atoms with van der Waals surface area (Å²) in [6, 6.07) is 1.16. The van der Waals surface area contributed by atoms with Crippen LogP contribution in [0.2, 0.25) is 0 Å². The summed E-state index contributed by atoms with van der Waals surface area (Å²) in [5, 5.41) is 13.4. The van der Waals surface area contributed by atoms with Gasteiger partial charge in [0.15, 0.2) is 0 Å². The Hall–Kier alpha value is -1.56. The first-order valence-corrected chi connectivity index (χ1v) is 6.07. The molecule has 1 amide bonds. The molecule has 2 atom stereocenters. The molecule has 6 nitrogen and oxygen atoms in total. The summed E-state index contributed by atoms with van der Waals surface area (Å²) in [5.41, 5.74) is 0.163. The Balaban J connectivity index is 2.81. The van der Waals surface area contributed by atoms with Crippen molar-refractivity contribution in [1.29, 1.82) is 0 Å². The second kappa shape index (κ2) is 5.86. The number of halogens is 1. The molecule has 0 aliphatic carbocycles. The van der Waals surface area contributed by atoms with Gasteiger partial charge in [-0.25, -0.2) is 0 Å². The number of aryl methyl sites for hydroxylation is 1. The van der Waals surface area contributed by atoms with Crippen molar-refractivity contribution < 1.29 is 9.72 Å². The van der Waals surface area contributed by atoms with Gasteiger partial charge < -0.3 is 9.88 Å². The van der Waals surface area contributed by atoms with Crippen LogP contribution < -0.4 is 5.32 Å². The van der Waals surface area contributed by atoms with Crippen molar-refractivity contribution >= 4 is 23.2 Å². The van der Waals surface area contributed by atoms with Crippen LogP contribution in [0.3, 0.4) is 0 Å². The third kappa shape index (κ3) is 3.22. The van der Waals surface area contributed by atoms with E-state index in [-0.39, 0.29) is 29.2 Å². The SMILES string of the molecule is CC(CCl)C(C)NC(=O)c1cc([N+](=O)[O-])cn1C. The first-order chi connectivity index (χ1) is 8.36. The molecule has 2 unspecified atom stereocenters. The second-order valence-electron chi connectivity index (χ2n) is 4.35. The van der Waals surface area contributed by atoms with E-state index in [1.54, 1.807) is 7.05 Å². The average Bonchev–Trinajstić information content (AvgIpc) is 2.70. The highest BCUT2D eigenvalue weighted by molar-refractivity contribution is 6.18. The van der Waals surface area contributed by atoms with Crippen LogP contribution in [0.4, 0.5) is 5.69 Å². The number of amides is 1. The van der Waals surface area contributed by atoms with Crippen molar-refractivity contribution in [3.63, 3.8) is 0 Å². The Morgan fingerprint density at radius 3 is 2.67 bits per heavy atom. The third-order valence-electron chi connectivity index (χ3n) is 2.89. The maximum Gasteiger partial charge on any atom is 0.287 e. The number of carbonyl (C=O) groups is 1. The molecule has 0 saturated carbocycles. The maximum absolute atomic E-state index is 11.9. The van der Waals surface area contributed by atoms with E-state index in [0.717, 1.165) is 0 Å². The molecule has 0 radical (unpaired) electrons. The van der Waals surface area contributed by atoms with Gasteiger partial charge in [0.25, 0.3) is 11.6 Å². The summed E-state index contributed by atoms with van der Waals surface area (Å²) in [6.07, 6.45) is 1.31. The third-order valence-corrected chi connectivity index (χ3v) is 3.38. The van der Waals surface area contributed by atoms with Crippen molar-refractivity contribution in [2.24, 2.45) is 13.0 Å². The number of nitrogens with zero attached hydrogens (tertiary/aromatic N) is 2. The van der Waals surface area contributed by atoms with Crippen LogP contribution in [0.25, 0.3) is 0 Å². The summed E-state index contributed by atoms with van der Waals surface area (Å²) in [5.74, 6) is 0.232. The molecule has 0 spiro atoms. The number of nitrogens with one attached hydrogen (secondary N) is 1. The van der Waals surface area contributed by atoms with E-state index in [1.807, 2.05) is 13.8 Å². The molecule has 0 aliphatic heterocycles. The monoisotopic (exact) mass is 273 g/mol. The number of aromatic nitrogens is 1. The smallest absolute Gasteiger partial charge is 0.287 e. The Morgan fingerprint density at radius 1 is 1.61 bits per heavy atom. The van der Waals surface area contributed by atoms with Crippen molar-refractivity contribution in [2.45, 2.75) is 19.9 Å². The lowest BCUT2D eigenvalue weighted by Crippen LogP contribution is -2.38. The zero-order valence-electron chi connectivity index (χ0n) is 10.5. The van der Waals surface area contributed by atoms with Crippen LogP contribution in [0.15, 0.2) is 12.3 Å². The van der Waals surface area contributed by atoms with Crippen LogP contribution in [0.5, 0.6) is 0 Å². The quantitative estimate of drug-likeness (QED) is 0.506. The molecule has 1 rings (SSSR count). The lowest BCUT2D eigenvalue weighted by Gasteiger charge is -2.19. The first-order valence-electron chi connectivity index (χ1n) is 5.54. The fraction of sp³-hybridized carbons (Fsp3) is 0.545. The van der Waals surface area contributed by atoms with Crippen LogP contribution in [-0.2, 0) is 7.05 Å². The van der Waals surface area contributed by atoms with E-state index in [1.165, 1.54) is 16.8 Å². The molecule has 1 aromatic heterocycles. The van der Waals surface area contributed by atoms with Gasteiger partial charge in [0, 0.05) is 25.0 Å². The normalized spacial score (nSPS) is 14.0. The molecule has 1 N–H and O–H groups in total. The molecule has 0 saturated heterocycles. The molecule has 100 valence electrons. The predicted molar refractivity (Wildman–Crippen MR) is 68.9 cm³/mol. The highest BCUT2D eigenvalue weighted by Gasteiger charge is 2.20. The highest BCUT2D eigenvalue weighted by Crippen LogP contribution is 2.15. The van der Waals surface area contributed by atoms with Gasteiger partial charge in [0.2, 0.25) is 0 Å². The Labute approximate surface area is 110 Å². The van der Waals surface area contributed by atoms with E-state index < -0.39 is 4.92 Å². The Morgan fingerprint density at radius 2 is 2.22 bits per heavy atom. The van der Waals surface area contributed by atoms with Crippen molar-refractivity contribution in [1.82, 2.24) is 9.88 Å². The minimum atomic E-state index is -0.526. The largest absolute Gasteiger partial charge is 0.348 e. The minimum Gasteiger partial charge on any atom is -0.348 e. The van der Waals surface area contributed by atoms with Gasteiger partial charge in [-0.3, -0.25) is 14.9 Å². The highest BCUT2D eigenvalue weighted by atomic mass is 35.5. The Kier molecular flexibility index (Phi) is 4.72. The fourth-order valence-corrected chi connectivity index (χ4v) is 1.70. The van der Waals surface area contributed by atoms with Gasteiger partial charge in [0.05, 0.1) is 11.1 Å². The number of nitro groups is 1. The molecule has 0 bridgehead atoms. The standard InChI is InChI=1S/C11H16ClN3O3/c1-7(5-12)8(2)13-11(16)10-4-9(15(17)18)6-14(10)3/h4,6-8H,5H2,1-3H3,(H,13,16). The summed E-state index contributed by atoms with van der Waals surface area (Å²) < 4.78 is 1.44. The van der Waals surface area contributed by atoms with Crippen LogP contribution in [-0.4, -0.2) is 27.3 Å². The van der Waals surface area contributed by atoms with Gasteiger partial charge in [0.1, 0.15) is 5.69 Å². The first kappa shape index (κ1) is 14.5. The van der Waals surface area contributed by atoms with Crippen LogP contribution in [0, 0.1) is 16.0 Å². The number of hydrogen-bond donors (Lipinski definition) is 1. The van der Waals surface area contributed by atoms with Gasteiger partial charge in [-0.15, -0.1) is 11.6 Å². The maximum atomic E-state index is 11.9. The number of carbonyl (C=O) groups excluding carboxylic acids is 1. The van der Waals surface area contributed by atoms with Crippen molar-refractivity contribution in [3.8, 4) is 0 Å². The molecule has 0 fully saturated rings. The van der Waals surface area contributed by atoms with Gasteiger partial charge in [-0.1, -0.05) is 6.92 Å². The fourth-order valence-electron chi connectivity index (χ4n) is 1.43. The average molecular weight is 274 g/mol. The van der Waals surface area contributed by atoms with Gasteiger partial charge in [-0.05, 0) is 12.8 Å². The number of rotatable bonds is 5. The molecule has 1 heterocycles. The molecule has 7 heteroatoms. The zero-order valence-corrected chi connectivity index (χ0v) is 11.3. The van der Waals surface area contributed by atoms with Crippen LogP contribution in [0.1, 0.15) is 24.3 Å². The molecular formula is C11H16ClN3O3. The minimum absolute atomic E-state index is 0.0936. The molecule has 18 heavy (non-hydrogen) atoms. The predicted octanol–water partition coefficient (Wildman–Crippen LogP) is 1.93. The van der Waals surface area contributed by atoms with E-state index in [2.05, 4.69) is 5.32 Å². The lowest BCUT2D eigenvalue weighted by molar-refractivity contribution is -0.384. The summed E-state index contributed by atoms with van der Waals surface area (Å²) in [6.45, 7) is 3.77. The van der Waals surface area contributed by atoms with Crippen LogP contribution >= 0.6 is 11.6 Å². The summed E-state index contributed by atoms with van der Waals surface area (Å²) >= 11 is 5.71. The Bertz CT molecular complexity index is 458. The van der Waals surface area contributed by atoms with Gasteiger partial charge in [-0.2, -0.15) is 0 Å². The number of alkyl halides is 1. The molecular weight excluding hydrogens is 258 g/mol. The second-order valence-corrected chi connectivity index (χ2v) is 4.65. The van der Waals surface area contributed by atoms with E-state index in [4.69, 9.17) is 11.6 Å².